The van der Waals surface area contributed by atoms with Crippen molar-refractivity contribution in [1.29, 1.82) is 0 Å². The molecule has 3 aromatic carbocycles. The standard InChI is InChI=1S/C28H15NO4S2/c30-25-18-9-4-5-10-19(18)26(31)24-20(11-6-12-21(24)25)22-13-16(15-33-22)14-23-27(32)29(28(34)35-23)17-7-2-1-3-8-17/h1-15H. The Bertz CT molecular complexity index is 1600. The van der Waals surface area contributed by atoms with Gasteiger partial charge in [0.15, 0.2) is 15.9 Å². The first-order valence-corrected chi connectivity index (χ1v) is 12.0. The zero-order valence-electron chi connectivity index (χ0n) is 18.1. The molecule has 0 atom stereocenters. The van der Waals surface area contributed by atoms with Crippen LogP contribution >= 0.6 is 24.0 Å². The molecule has 0 saturated carbocycles. The number of rotatable bonds is 3. The van der Waals surface area contributed by atoms with E-state index in [1.165, 1.54) is 22.9 Å². The minimum atomic E-state index is -0.215. The van der Waals surface area contributed by atoms with Gasteiger partial charge in [0.25, 0.3) is 5.91 Å². The predicted octanol–water partition coefficient (Wildman–Crippen LogP) is 6.13. The van der Waals surface area contributed by atoms with Gasteiger partial charge in [-0.15, -0.1) is 0 Å². The van der Waals surface area contributed by atoms with Crippen LogP contribution in [0.4, 0.5) is 5.69 Å². The van der Waals surface area contributed by atoms with E-state index in [0.717, 1.165) is 0 Å². The molecule has 7 heteroatoms. The minimum Gasteiger partial charge on any atom is -0.464 e. The van der Waals surface area contributed by atoms with E-state index in [1.54, 1.807) is 54.6 Å². The molecule has 1 saturated heterocycles. The molecular weight excluding hydrogens is 478 g/mol. The summed E-state index contributed by atoms with van der Waals surface area (Å²) in [4.78, 5) is 41.3. The van der Waals surface area contributed by atoms with Crippen LogP contribution in [0.25, 0.3) is 17.4 Å². The van der Waals surface area contributed by atoms with Crippen molar-refractivity contribution in [2.24, 2.45) is 0 Å². The van der Waals surface area contributed by atoms with Gasteiger partial charge in [0.2, 0.25) is 0 Å². The molecule has 1 aliphatic carbocycles. The molecule has 0 bridgehead atoms. The van der Waals surface area contributed by atoms with E-state index in [2.05, 4.69) is 0 Å². The molecule has 0 unspecified atom stereocenters. The van der Waals surface area contributed by atoms with Crippen LogP contribution in [-0.2, 0) is 4.79 Å². The van der Waals surface area contributed by atoms with Gasteiger partial charge < -0.3 is 4.42 Å². The number of nitrogens with zero attached hydrogens (tertiary/aromatic N) is 1. The van der Waals surface area contributed by atoms with Crippen molar-refractivity contribution in [1.82, 2.24) is 0 Å². The second kappa shape index (κ2) is 8.30. The normalized spacial score (nSPS) is 16.1. The number of amides is 1. The molecule has 1 amide bonds. The summed E-state index contributed by atoms with van der Waals surface area (Å²) in [7, 11) is 0. The number of furan rings is 1. The third kappa shape index (κ3) is 3.48. The van der Waals surface area contributed by atoms with Gasteiger partial charge in [-0.05, 0) is 24.3 Å². The molecule has 5 nitrogen and oxygen atoms in total. The van der Waals surface area contributed by atoms with Crippen LogP contribution in [0.15, 0.2) is 94.4 Å². The molecular formula is C28H15NO4S2. The second-order valence-electron chi connectivity index (χ2n) is 8.03. The van der Waals surface area contributed by atoms with Gasteiger partial charge >= 0.3 is 0 Å². The van der Waals surface area contributed by atoms with Crippen LogP contribution in [0, 0.1) is 0 Å². The number of benzene rings is 3. The summed E-state index contributed by atoms with van der Waals surface area (Å²) in [6.07, 6.45) is 3.24. The number of hydrogen-bond acceptors (Lipinski definition) is 6. The first-order chi connectivity index (χ1) is 17.0. The maximum atomic E-state index is 13.3. The molecule has 35 heavy (non-hydrogen) atoms. The highest BCUT2D eigenvalue weighted by Gasteiger charge is 2.34. The fourth-order valence-corrected chi connectivity index (χ4v) is 5.64. The largest absolute Gasteiger partial charge is 0.464 e. The summed E-state index contributed by atoms with van der Waals surface area (Å²) in [5, 5.41) is 0. The first kappa shape index (κ1) is 21.5. The molecule has 1 fully saturated rings. The number of hydrogen-bond donors (Lipinski definition) is 0. The molecule has 2 aliphatic rings. The number of carbonyl (C=O) groups excluding carboxylic acids is 3. The molecule has 6 rings (SSSR count). The third-order valence-corrected chi connectivity index (χ3v) is 7.25. The van der Waals surface area contributed by atoms with Gasteiger partial charge in [0.05, 0.1) is 16.9 Å². The smallest absolute Gasteiger partial charge is 0.270 e. The fourth-order valence-electron chi connectivity index (χ4n) is 4.34. The summed E-state index contributed by atoms with van der Waals surface area (Å²) < 4.78 is 6.25. The van der Waals surface area contributed by atoms with E-state index in [9.17, 15) is 14.4 Å². The van der Waals surface area contributed by atoms with Crippen molar-refractivity contribution in [2.75, 3.05) is 4.90 Å². The summed E-state index contributed by atoms with van der Waals surface area (Å²) in [5.74, 6) is -0.170. The first-order valence-electron chi connectivity index (χ1n) is 10.8. The molecule has 168 valence electrons. The van der Waals surface area contributed by atoms with Crippen LogP contribution in [0.1, 0.15) is 37.4 Å². The van der Waals surface area contributed by atoms with E-state index in [1.807, 2.05) is 30.3 Å². The number of ketones is 2. The van der Waals surface area contributed by atoms with Crippen molar-refractivity contribution < 1.29 is 18.8 Å². The van der Waals surface area contributed by atoms with Crippen molar-refractivity contribution in [3.8, 4) is 11.3 Å². The van der Waals surface area contributed by atoms with Gasteiger partial charge in [-0.1, -0.05) is 84.6 Å². The van der Waals surface area contributed by atoms with Gasteiger partial charge in [0.1, 0.15) is 5.76 Å². The number of thiocarbonyl (C=S) groups is 1. The van der Waals surface area contributed by atoms with E-state index < -0.39 is 0 Å². The highest BCUT2D eigenvalue weighted by Crippen LogP contribution is 2.38. The molecule has 4 aromatic rings. The summed E-state index contributed by atoms with van der Waals surface area (Å²) in [5.41, 5.74) is 3.37. The summed E-state index contributed by atoms with van der Waals surface area (Å²) >= 11 is 6.65. The van der Waals surface area contributed by atoms with Crippen LogP contribution in [0.3, 0.4) is 0 Å². The zero-order chi connectivity index (χ0) is 24.1. The Morgan fingerprint density at radius 3 is 2.20 bits per heavy atom. The Kier molecular flexibility index (Phi) is 5.09. The Labute approximate surface area is 210 Å². The van der Waals surface area contributed by atoms with Crippen molar-refractivity contribution in [3.05, 3.63) is 118 Å². The Morgan fingerprint density at radius 1 is 0.771 bits per heavy atom. The number of anilines is 1. The number of thioether (sulfide) groups is 1. The van der Waals surface area contributed by atoms with E-state index in [4.69, 9.17) is 16.6 Å². The average Bonchev–Trinajstić information content (AvgIpc) is 3.46. The molecule has 1 aromatic heterocycles. The lowest BCUT2D eigenvalue weighted by Crippen LogP contribution is -2.27. The van der Waals surface area contributed by atoms with Crippen molar-refractivity contribution in [2.45, 2.75) is 0 Å². The predicted molar refractivity (Wildman–Crippen MR) is 140 cm³/mol. The van der Waals surface area contributed by atoms with Crippen LogP contribution in [0.2, 0.25) is 0 Å². The van der Waals surface area contributed by atoms with Crippen LogP contribution < -0.4 is 4.90 Å². The highest BCUT2D eigenvalue weighted by atomic mass is 32.2. The maximum absolute atomic E-state index is 13.3. The summed E-state index contributed by atoms with van der Waals surface area (Å²) in [6, 6.07) is 23.0. The molecule has 0 N–H and O–H groups in total. The Hall–Kier alpha value is -4.07. The number of carbonyl (C=O) groups is 3. The molecule has 1 aliphatic heterocycles. The second-order valence-corrected chi connectivity index (χ2v) is 9.70. The Morgan fingerprint density at radius 2 is 1.43 bits per heavy atom. The topological polar surface area (TPSA) is 67.6 Å². The van der Waals surface area contributed by atoms with Crippen molar-refractivity contribution in [3.63, 3.8) is 0 Å². The quantitative estimate of drug-likeness (QED) is 0.223. The molecule has 0 radical (unpaired) electrons. The highest BCUT2D eigenvalue weighted by molar-refractivity contribution is 8.27. The van der Waals surface area contributed by atoms with Gasteiger partial charge in [-0.25, -0.2) is 0 Å². The lowest BCUT2D eigenvalue weighted by Gasteiger charge is -2.19. The maximum Gasteiger partial charge on any atom is 0.270 e. The average molecular weight is 494 g/mol. The Balaban J connectivity index is 1.36. The minimum absolute atomic E-state index is 0.187. The molecule has 0 spiro atoms. The third-order valence-electron chi connectivity index (χ3n) is 5.94. The van der Waals surface area contributed by atoms with E-state index >= 15 is 0 Å². The SMILES string of the molecule is O=C1c2ccccc2C(=O)c2c1cccc2-c1cc(C=C2SC(=S)N(c3ccccc3)C2=O)co1. The summed E-state index contributed by atoms with van der Waals surface area (Å²) in [6.45, 7) is 0. The number of para-hydroxylation sites is 1. The lowest BCUT2D eigenvalue weighted by molar-refractivity contribution is -0.113. The number of fused-ring (bicyclic) bond motifs is 2. The zero-order valence-corrected chi connectivity index (χ0v) is 19.7. The monoisotopic (exact) mass is 493 g/mol. The van der Waals surface area contributed by atoms with E-state index in [0.29, 0.717) is 54.1 Å². The molecule has 2 heterocycles. The van der Waals surface area contributed by atoms with Gasteiger partial charge in [-0.2, -0.15) is 0 Å². The van der Waals surface area contributed by atoms with Crippen LogP contribution in [0.5, 0.6) is 0 Å². The van der Waals surface area contributed by atoms with Crippen molar-refractivity contribution >= 4 is 57.5 Å². The lowest BCUT2D eigenvalue weighted by atomic mass is 9.81. The van der Waals surface area contributed by atoms with E-state index in [-0.39, 0.29) is 17.5 Å². The van der Waals surface area contributed by atoms with Gasteiger partial charge in [0, 0.05) is 33.4 Å². The van der Waals surface area contributed by atoms with Crippen LogP contribution in [-0.4, -0.2) is 21.8 Å². The van der Waals surface area contributed by atoms with Gasteiger partial charge in [-0.3, -0.25) is 19.3 Å². The fraction of sp³-hybridized carbons (Fsp3) is 0.